The molecule has 0 saturated carbocycles. The zero-order valence-electron chi connectivity index (χ0n) is 12.3. The molecule has 2 rings (SSSR count). The van der Waals surface area contributed by atoms with E-state index in [1.165, 1.54) is 14.2 Å². The van der Waals surface area contributed by atoms with Crippen LogP contribution in [0.3, 0.4) is 0 Å². The standard InChI is InChI=1S/C16H20N2O3/c1-20-14-9-12(10-15(21-2)16(14)19)11-17-8-6-13-5-3-4-7-18-13/h3-5,7,9-10,17,19H,6,8,11H2,1-2H3. The van der Waals surface area contributed by atoms with Crippen molar-refractivity contribution >= 4 is 0 Å². The van der Waals surface area contributed by atoms with Crippen molar-refractivity contribution in [3.8, 4) is 17.2 Å². The van der Waals surface area contributed by atoms with E-state index < -0.39 is 0 Å². The van der Waals surface area contributed by atoms with Crippen molar-refractivity contribution in [2.45, 2.75) is 13.0 Å². The number of aromatic hydroxyl groups is 1. The number of hydrogen-bond donors (Lipinski definition) is 2. The second-order valence-corrected chi connectivity index (χ2v) is 4.60. The molecule has 0 spiro atoms. The zero-order valence-corrected chi connectivity index (χ0v) is 12.3. The number of rotatable bonds is 7. The van der Waals surface area contributed by atoms with Gasteiger partial charge in [-0.25, -0.2) is 0 Å². The average Bonchev–Trinajstić information content (AvgIpc) is 2.53. The first-order chi connectivity index (χ1) is 10.2. The van der Waals surface area contributed by atoms with Crippen LogP contribution in [0.4, 0.5) is 0 Å². The molecule has 2 N–H and O–H groups in total. The van der Waals surface area contributed by atoms with Crippen LogP contribution in [0, 0.1) is 0 Å². The minimum absolute atomic E-state index is 0.0252. The van der Waals surface area contributed by atoms with Gasteiger partial charge >= 0.3 is 0 Å². The van der Waals surface area contributed by atoms with Gasteiger partial charge in [-0.1, -0.05) is 6.07 Å². The number of hydrogen-bond acceptors (Lipinski definition) is 5. The topological polar surface area (TPSA) is 63.6 Å². The van der Waals surface area contributed by atoms with Crippen LogP contribution in [0.1, 0.15) is 11.3 Å². The number of methoxy groups -OCH3 is 2. The summed E-state index contributed by atoms with van der Waals surface area (Å²) in [5.41, 5.74) is 2.05. The lowest BCUT2D eigenvalue weighted by molar-refractivity contribution is 0.339. The van der Waals surface area contributed by atoms with E-state index in [4.69, 9.17) is 9.47 Å². The minimum atomic E-state index is 0.0252. The van der Waals surface area contributed by atoms with Gasteiger partial charge in [0.2, 0.25) is 5.75 Å². The molecule has 2 aromatic rings. The lowest BCUT2D eigenvalue weighted by Crippen LogP contribution is -2.17. The summed E-state index contributed by atoms with van der Waals surface area (Å²) in [6.45, 7) is 1.49. The summed E-state index contributed by atoms with van der Waals surface area (Å²) in [5.74, 6) is 0.851. The van der Waals surface area contributed by atoms with Crippen molar-refractivity contribution in [2.24, 2.45) is 0 Å². The molecule has 1 heterocycles. The molecule has 112 valence electrons. The molecular formula is C16H20N2O3. The second-order valence-electron chi connectivity index (χ2n) is 4.60. The highest BCUT2D eigenvalue weighted by molar-refractivity contribution is 5.52. The molecule has 0 saturated heterocycles. The predicted molar refractivity (Wildman–Crippen MR) is 80.9 cm³/mol. The van der Waals surface area contributed by atoms with E-state index in [1.54, 1.807) is 18.3 Å². The van der Waals surface area contributed by atoms with Gasteiger partial charge in [0.15, 0.2) is 11.5 Å². The van der Waals surface area contributed by atoms with Crippen LogP contribution in [-0.4, -0.2) is 30.9 Å². The smallest absolute Gasteiger partial charge is 0.200 e. The third-order valence-corrected chi connectivity index (χ3v) is 3.15. The van der Waals surface area contributed by atoms with Crippen LogP contribution in [0.25, 0.3) is 0 Å². The first-order valence-corrected chi connectivity index (χ1v) is 6.79. The van der Waals surface area contributed by atoms with Crippen molar-refractivity contribution < 1.29 is 14.6 Å². The van der Waals surface area contributed by atoms with E-state index in [9.17, 15) is 5.11 Å². The molecule has 0 atom stereocenters. The Kier molecular flexibility index (Phi) is 5.40. The van der Waals surface area contributed by atoms with E-state index in [1.807, 2.05) is 18.2 Å². The number of aromatic nitrogens is 1. The molecule has 0 radical (unpaired) electrons. The van der Waals surface area contributed by atoms with Gasteiger partial charge in [-0.3, -0.25) is 4.98 Å². The minimum Gasteiger partial charge on any atom is -0.502 e. The second kappa shape index (κ2) is 7.50. The van der Waals surface area contributed by atoms with E-state index >= 15 is 0 Å². The maximum atomic E-state index is 9.85. The fourth-order valence-electron chi connectivity index (χ4n) is 2.05. The lowest BCUT2D eigenvalue weighted by atomic mass is 10.1. The highest BCUT2D eigenvalue weighted by Crippen LogP contribution is 2.36. The Morgan fingerprint density at radius 1 is 1.14 bits per heavy atom. The molecule has 1 aromatic carbocycles. The summed E-state index contributed by atoms with van der Waals surface area (Å²) in [5, 5.41) is 13.2. The van der Waals surface area contributed by atoms with Crippen molar-refractivity contribution in [1.29, 1.82) is 0 Å². The maximum absolute atomic E-state index is 9.85. The summed E-state index contributed by atoms with van der Waals surface area (Å²) in [4.78, 5) is 4.28. The Morgan fingerprint density at radius 2 is 1.86 bits per heavy atom. The Bertz CT molecular complexity index is 548. The lowest BCUT2D eigenvalue weighted by Gasteiger charge is -2.11. The number of nitrogens with zero attached hydrogens (tertiary/aromatic N) is 1. The van der Waals surface area contributed by atoms with Gasteiger partial charge in [0.1, 0.15) is 0 Å². The van der Waals surface area contributed by atoms with Crippen molar-refractivity contribution in [2.75, 3.05) is 20.8 Å². The van der Waals surface area contributed by atoms with Gasteiger partial charge in [-0.05, 0) is 29.8 Å². The predicted octanol–water partition coefficient (Wildman–Crippen LogP) is 2.14. The zero-order chi connectivity index (χ0) is 15.1. The van der Waals surface area contributed by atoms with E-state index in [0.29, 0.717) is 18.0 Å². The molecule has 0 amide bonds. The quantitative estimate of drug-likeness (QED) is 0.764. The van der Waals surface area contributed by atoms with Gasteiger partial charge in [-0.2, -0.15) is 0 Å². The number of pyridine rings is 1. The van der Waals surface area contributed by atoms with Gasteiger partial charge in [-0.15, -0.1) is 0 Å². The molecule has 21 heavy (non-hydrogen) atoms. The van der Waals surface area contributed by atoms with Crippen LogP contribution in [0.2, 0.25) is 0 Å². The van der Waals surface area contributed by atoms with E-state index in [2.05, 4.69) is 10.3 Å². The summed E-state index contributed by atoms with van der Waals surface area (Å²) in [6.07, 6.45) is 2.66. The molecular weight excluding hydrogens is 268 g/mol. The Balaban J connectivity index is 1.91. The Morgan fingerprint density at radius 3 is 2.43 bits per heavy atom. The third-order valence-electron chi connectivity index (χ3n) is 3.15. The highest BCUT2D eigenvalue weighted by Gasteiger charge is 2.10. The maximum Gasteiger partial charge on any atom is 0.200 e. The SMILES string of the molecule is COc1cc(CNCCc2ccccn2)cc(OC)c1O. The molecule has 0 aliphatic heterocycles. The summed E-state index contributed by atoms with van der Waals surface area (Å²) < 4.78 is 10.3. The van der Waals surface area contributed by atoms with E-state index in [-0.39, 0.29) is 5.75 Å². The normalized spacial score (nSPS) is 10.4. The van der Waals surface area contributed by atoms with Gasteiger partial charge in [0, 0.05) is 31.4 Å². The number of benzene rings is 1. The van der Waals surface area contributed by atoms with Crippen LogP contribution in [0.5, 0.6) is 17.2 Å². The molecule has 5 heteroatoms. The van der Waals surface area contributed by atoms with Crippen molar-refractivity contribution in [3.05, 3.63) is 47.8 Å². The third kappa shape index (κ3) is 4.10. The number of ether oxygens (including phenoxy) is 2. The first-order valence-electron chi connectivity index (χ1n) is 6.79. The molecule has 0 unspecified atom stereocenters. The number of nitrogens with one attached hydrogen (secondary N) is 1. The van der Waals surface area contributed by atoms with Gasteiger partial charge in [0.25, 0.3) is 0 Å². The summed E-state index contributed by atoms with van der Waals surface area (Å²) >= 11 is 0. The van der Waals surface area contributed by atoms with Crippen molar-refractivity contribution in [1.82, 2.24) is 10.3 Å². The Labute approximate surface area is 124 Å². The number of phenolic OH excluding ortho intramolecular Hbond substituents is 1. The largest absolute Gasteiger partial charge is 0.502 e. The number of phenols is 1. The van der Waals surface area contributed by atoms with Crippen molar-refractivity contribution in [3.63, 3.8) is 0 Å². The van der Waals surface area contributed by atoms with Gasteiger partial charge < -0.3 is 19.9 Å². The molecule has 0 aliphatic carbocycles. The first kappa shape index (κ1) is 15.1. The van der Waals surface area contributed by atoms with Gasteiger partial charge in [0.05, 0.1) is 14.2 Å². The molecule has 0 fully saturated rings. The molecule has 0 bridgehead atoms. The monoisotopic (exact) mass is 288 g/mol. The molecule has 1 aromatic heterocycles. The summed E-state index contributed by atoms with van der Waals surface area (Å²) in [7, 11) is 3.04. The van der Waals surface area contributed by atoms with Crippen LogP contribution >= 0.6 is 0 Å². The molecule has 5 nitrogen and oxygen atoms in total. The average molecular weight is 288 g/mol. The van der Waals surface area contributed by atoms with Crippen LogP contribution < -0.4 is 14.8 Å². The Hall–Kier alpha value is -2.27. The summed E-state index contributed by atoms with van der Waals surface area (Å²) in [6, 6.07) is 9.50. The van der Waals surface area contributed by atoms with Crippen LogP contribution in [0.15, 0.2) is 36.5 Å². The van der Waals surface area contributed by atoms with E-state index in [0.717, 1.165) is 24.2 Å². The highest BCUT2D eigenvalue weighted by atomic mass is 16.5. The fraction of sp³-hybridized carbons (Fsp3) is 0.312. The molecule has 0 aliphatic rings. The fourth-order valence-corrected chi connectivity index (χ4v) is 2.05. The van der Waals surface area contributed by atoms with Crippen LogP contribution in [-0.2, 0) is 13.0 Å².